The van der Waals surface area contributed by atoms with Crippen LogP contribution in [0.2, 0.25) is 0 Å². The van der Waals surface area contributed by atoms with E-state index in [1.54, 1.807) is 6.07 Å². The molecule has 0 saturated carbocycles. The normalized spacial score (nSPS) is 11.7. The van der Waals surface area contributed by atoms with E-state index < -0.39 is 24.2 Å². The third kappa shape index (κ3) is 4.81. The van der Waals surface area contributed by atoms with Crippen LogP contribution in [0.3, 0.4) is 0 Å². The van der Waals surface area contributed by atoms with E-state index in [-0.39, 0.29) is 11.1 Å². The molecule has 0 aliphatic carbocycles. The van der Waals surface area contributed by atoms with Gasteiger partial charge in [0.15, 0.2) is 0 Å². The van der Waals surface area contributed by atoms with Gasteiger partial charge in [-0.05, 0) is 35.4 Å². The predicted molar refractivity (Wildman–Crippen MR) is 70.0 cm³/mol. The zero-order valence-corrected chi connectivity index (χ0v) is 11.6. The Morgan fingerprint density at radius 3 is 1.79 bits per heavy atom. The standard InChI is InChI=1S/C15H7F6NO2/c16-14(17,18)23-12-5-3-9(4-6-12)10-1-2-11(8-22)13(7-10)24-15(19,20)21/h1-7H. The molecule has 0 heterocycles. The number of halogens is 6. The summed E-state index contributed by atoms with van der Waals surface area (Å²) in [6.45, 7) is 0. The molecule has 0 N–H and O–H groups in total. The lowest BCUT2D eigenvalue weighted by atomic mass is 10.0. The second kappa shape index (κ2) is 6.31. The fourth-order valence-corrected chi connectivity index (χ4v) is 1.85. The molecule has 2 aromatic carbocycles. The molecule has 0 fully saturated rings. The minimum Gasteiger partial charge on any atom is -0.406 e. The van der Waals surface area contributed by atoms with E-state index in [9.17, 15) is 26.3 Å². The zero-order valence-electron chi connectivity index (χ0n) is 11.6. The molecule has 24 heavy (non-hydrogen) atoms. The Morgan fingerprint density at radius 2 is 1.29 bits per heavy atom. The fourth-order valence-electron chi connectivity index (χ4n) is 1.85. The lowest BCUT2D eigenvalue weighted by Gasteiger charge is -2.12. The van der Waals surface area contributed by atoms with Crippen LogP contribution in [0.1, 0.15) is 5.56 Å². The summed E-state index contributed by atoms with van der Waals surface area (Å²) >= 11 is 0. The smallest absolute Gasteiger partial charge is 0.406 e. The molecule has 0 radical (unpaired) electrons. The molecule has 3 nitrogen and oxygen atoms in total. The van der Waals surface area contributed by atoms with Crippen LogP contribution in [0.15, 0.2) is 42.5 Å². The summed E-state index contributed by atoms with van der Waals surface area (Å²) in [6, 6.07) is 9.52. The number of rotatable bonds is 3. The molecule has 0 amide bonds. The number of nitrogens with zero attached hydrogens (tertiary/aromatic N) is 1. The first-order valence-electron chi connectivity index (χ1n) is 6.23. The summed E-state index contributed by atoms with van der Waals surface area (Å²) in [5.41, 5.74) is 0.223. The van der Waals surface area contributed by atoms with Crippen LogP contribution in [0.5, 0.6) is 11.5 Å². The van der Waals surface area contributed by atoms with Gasteiger partial charge < -0.3 is 9.47 Å². The molecule has 2 aromatic rings. The molecular weight excluding hydrogens is 340 g/mol. The van der Waals surface area contributed by atoms with Crippen molar-refractivity contribution >= 4 is 0 Å². The lowest BCUT2D eigenvalue weighted by molar-refractivity contribution is -0.275. The van der Waals surface area contributed by atoms with Crippen LogP contribution in [0, 0.1) is 11.3 Å². The number of benzene rings is 2. The maximum Gasteiger partial charge on any atom is 0.573 e. The van der Waals surface area contributed by atoms with Crippen LogP contribution >= 0.6 is 0 Å². The van der Waals surface area contributed by atoms with E-state index in [2.05, 4.69) is 9.47 Å². The summed E-state index contributed by atoms with van der Waals surface area (Å²) in [5.74, 6) is -1.16. The van der Waals surface area contributed by atoms with Crippen LogP contribution in [-0.4, -0.2) is 12.7 Å². The third-order valence-corrected chi connectivity index (χ3v) is 2.75. The topological polar surface area (TPSA) is 42.2 Å². The summed E-state index contributed by atoms with van der Waals surface area (Å²) in [6.07, 6.45) is -9.82. The average Bonchev–Trinajstić information content (AvgIpc) is 2.44. The van der Waals surface area contributed by atoms with Crippen LogP contribution < -0.4 is 9.47 Å². The minimum absolute atomic E-state index is 0.229. The van der Waals surface area contributed by atoms with E-state index in [1.807, 2.05) is 0 Å². The predicted octanol–water partition coefficient (Wildman–Crippen LogP) is 5.02. The lowest BCUT2D eigenvalue weighted by Crippen LogP contribution is -2.17. The summed E-state index contributed by atoms with van der Waals surface area (Å²) in [4.78, 5) is 0. The van der Waals surface area contributed by atoms with Gasteiger partial charge >= 0.3 is 12.7 Å². The summed E-state index contributed by atoms with van der Waals surface area (Å²) in [5, 5.41) is 8.80. The number of nitriles is 1. The summed E-state index contributed by atoms with van der Waals surface area (Å²) < 4.78 is 80.8. The van der Waals surface area contributed by atoms with Crippen molar-refractivity contribution < 1.29 is 35.8 Å². The van der Waals surface area contributed by atoms with E-state index in [4.69, 9.17) is 5.26 Å². The van der Waals surface area contributed by atoms with Gasteiger partial charge in [-0.1, -0.05) is 18.2 Å². The molecule has 2 rings (SSSR count). The maximum atomic E-state index is 12.3. The Labute approximate surface area is 131 Å². The van der Waals surface area contributed by atoms with Crippen LogP contribution in [0.25, 0.3) is 11.1 Å². The molecule has 9 heteroatoms. The van der Waals surface area contributed by atoms with Crippen molar-refractivity contribution in [1.82, 2.24) is 0 Å². The van der Waals surface area contributed by atoms with E-state index >= 15 is 0 Å². The van der Waals surface area contributed by atoms with Crippen molar-refractivity contribution in [3.63, 3.8) is 0 Å². The molecule has 0 atom stereocenters. The highest BCUT2D eigenvalue weighted by Crippen LogP contribution is 2.32. The van der Waals surface area contributed by atoms with Crippen molar-refractivity contribution in [2.75, 3.05) is 0 Å². The van der Waals surface area contributed by atoms with Gasteiger partial charge in [0.2, 0.25) is 0 Å². The van der Waals surface area contributed by atoms with Gasteiger partial charge in [-0.2, -0.15) is 5.26 Å². The molecule has 0 spiro atoms. The van der Waals surface area contributed by atoms with Crippen molar-refractivity contribution in [1.29, 1.82) is 5.26 Å². The molecule has 0 aromatic heterocycles. The largest absolute Gasteiger partial charge is 0.573 e. The van der Waals surface area contributed by atoms with E-state index in [1.165, 1.54) is 18.2 Å². The Bertz CT molecular complexity index is 760. The number of alkyl halides is 6. The maximum absolute atomic E-state index is 12.3. The van der Waals surface area contributed by atoms with Crippen molar-refractivity contribution in [2.24, 2.45) is 0 Å². The van der Waals surface area contributed by atoms with Crippen molar-refractivity contribution in [2.45, 2.75) is 12.7 Å². The average molecular weight is 347 g/mol. The highest BCUT2D eigenvalue weighted by atomic mass is 19.4. The van der Waals surface area contributed by atoms with E-state index in [0.29, 0.717) is 5.56 Å². The van der Waals surface area contributed by atoms with Gasteiger partial charge in [0.25, 0.3) is 0 Å². The summed E-state index contributed by atoms with van der Waals surface area (Å²) in [7, 11) is 0. The SMILES string of the molecule is N#Cc1ccc(-c2ccc(OC(F)(F)F)cc2)cc1OC(F)(F)F. The monoisotopic (exact) mass is 347 g/mol. The van der Waals surface area contributed by atoms with Crippen LogP contribution in [-0.2, 0) is 0 Å². The van der Waals surface area contributed by atoms with Crippen molar-refractivity contribution in [3.8, 4) is 28.7 Å². The van der Waals surface area contributed by atoms with Gasteiger partial charge in [0.05, 0.1) is 5.56 Å². The van der Waals surface area contributed by atoms with Gasteiger partial charge in [-0.15, -0.1) is 26.3 Å². The van der Waals surface area contributed by atoms with E-state index in [0.717, 1.165) is 24.3 Å². The highest BCUT2D eigenvalue weighted by Gasteiger charge is 2.32. The zero-order chi connectivity index (χ0) is 18.0. The van der Waals surface area contributed by atoms with Crippen LogP contribution in [0.4, 0.5) is 26.3 Å². The number of hydrogen-bond donors (Lipinski definition) is 0. The Hall–Kier alpha value is -2.89. The first kappa shape index (κ1) is 17.5. The second-order valence-corrected chi connectivity index (χ2v) is 4.44. The highest BCUT2D eigenvalue weighted by molar-refractivity contribution is 5.67. The first-order chi connectivity index (χ1) is 11.1. The van der Waals surface area contributed by atoms with Gasteiger partial charge in [0.1, 0.15) is 17.6 Å². The number of hydrogen-bond acceptors (Lipinski definition) is 3. The second-order valence-electron chi connectivity index (χ2n) is 4.44. The molecule has 0 aliphatic rings. The molecule has 0 aliphatic heterocycles. The van der Waals surface area contributed by atoms with Gasteiger partial charge in [-0.25, -0.2) is 0 Å². The van der Waals surface area contributed by atoms with Gasteiger partial charge in [-0.3, -0.25) is 0 Å². The number of ether oxygens (including phenoxy) is 2. The molecular formula is C15H7F6NO2. The Kier molecular flexibility index (Phi) is 4.59. The Balaban J connectivity index is 2.32. The first-order valence-corrected chi connectivity index (χ1v) is 6.23. The van der Waals surface area contributed by atoms with Crippen molar-refractivity contribution in [3.05, 3.63) is 48.0 Å². The third-order valence-electron chi connectivity index (χ3n) is 2.75. The Morgan fingerprint density at radius 1 is 0.750 bits per heavy atom. The molecule has 0 saturated heterocycles. The molecule has 126 valence electrons. The van der Waals surface area contributed by atoms with Gasteiger partial charge in [0, 0.05) is 0 Å². The minimum atomic E-state index is -4.98. The molecule has 0 unspecified atom stereocenters. The fraction of sp³-hybridized carbons (Fsp3) is 0.133. The quantitative estimate of drug-likeness (QED) is 0.732. The molecule has 0 bridgehead atoms.